The van der Waals surface area contributed by atoms with Gasteiger partial charge in [0.15, 0.2) is 0 Å². The number of halogens is 2. The Labute approximate surface area is 228 Å². The molecule has 4 aromatic rings. The van der Waals surface area contributed by atoms with Crippen molar-refractivity contribution in [2.45, 2.75) is 33.2 Å². The number of hydrogen-bond acceptors (Lipinski definition) is 2. The number of carbonyl (C=O) groups excluding carboxylic acids is 2. The number of nitrogens with one attached hydrogen (secondary N) is 1. The molecule has 4 rings (SSSR count). The fourth-order valence-electron chi connectivity index (χ4n) is 4.45. The highest BCUT2D eigenvalue weighted by atomic mass is 35.5. The molecule has 1 heterocycles. The zero-order chi connectivity index (χ0) is 26.4. The molecule has 0 fully saturated rings. The summed E-state index contributed by atoms with van der Waals surface area (Å²) >= 11 is 12.3. The summed E-state index contributed by atoms with van der Waals surface area (Å²) in [5.41, 5.74) is 4.83. The van der Waals surface area contributed by atoms with Gasteiger partial charge in [-0.25, -0.2) is 0 Å². The van der Waals surface area contributed by atoms with Gasteiger partial charge in [-0.1, -0.05) is 78.2 Å². The predicted molar refractivity (Wildman–Crippen MR) is 151 cm³/mol. The van der Waals surface area contributed by atoms with E-state index in [0.717, 1.165) is 28.5 Å². The molecule has 3 aromatic carbocycles. The lowest BCUT2D eigenvalue weighted by Gasteiger charge is -2.28. The molecular formula is C30H31Cl2N3O2. The zero-order valence-electron chi connectivity index (χ0n) is 21.1. The molecule has 2 amide bonds. The van der Waals surface area contributed by atoms with Crippen LogP contribution in [0.25, 0.3) is 10.9 Å². The molecule has 0 saturated heterocycles. The molecule has 0 aliphatic rings. The second kappa shape index (κ2) is 12.3. The Morgan fingerprint density at radius 2 is 1.59 bits per heavy atom. The van der Waals surface area contributed by atoms with Crippen LogP contribution in [0.1, 0.15) is 40.4 Å². The van der Waals surface area contributed by atoms with Crippen LogP contribution in [0.5, 0.6) is 0 Å². The van der Waals surface area contributed by atoms with Gasteiger partial charge in [-0.3, -0.25) is 9.59 Å². The smallest absolute Gasteiger partial charge is 0.254 e. The second-order valence-electron chi connectivity index (χ2n) is 9.30. The Balaban J connectivity index is 1.54. The lowest BCUT2D eigenvalue weighted by Crippen LogP contribution is -2.43. The highest BCUT2D eigenvalue weighted by molar-refractivity contribution is 6.35. The number of para-hydroxylation sites is 1. The quantitative estimate of drug-likeness (QED) is 0.240. The van der Waals surface area contributed by atoms with E-state index >= 15 is 0 Å². The van der Waals surface area contributed by atoms with E-state index in [4.69, 9.17) is 23.2 Å². The van der Waals surface area contributed by atoms with E-state index in [2.05, 4.69) is 11.1 Å². The van der Waals surface area contributed by atoms with Gasteiger partial charge in [-0.2, -0.15) is 0 Å². The molecule has 0 radical (unpaired) electrons. The molecule has 1 aromatic heterocycles. The van der Waals surface area contributed by atoms with Gasteiger partial charge in [-0.15, -0.1) is 0 Å². The van der Waals surface area contributed by atoms with E-state index in [9.17, 15) is 9.59 Å². The molecule has 192 valence electrons. The van der Waals surface area contributed by atoms with Gasteiger partial charge in [0.05, 0.1) is 0 Å². The van der Waals surface area contributed by atoms with E-state index < -0.39 is 0 Å². The van der Waals surface area contributed by atoms with Crippen molar-refractivity contribution in [2.75, 3.05) is 19.6 Å². The third-order valence-corrected chi connectivity index (χ3v) is 6.83. The van der Waals surface area contributed by atoms with Crippen LogP contribution in [0.4, 0.5) is 0 Å². The average molecular weight is 537 g/mol. The van der Waals surface area contributed by atoms with Gasteiger partial charge >= 0.3 is 0 Å². The van der Waals surface area contributed by atoms with Crippen LogP contribution in [0.3, 0.4) is 0 Å². The summed E-state index contributed by atoms with van der Waals surface area (Å²) in [6, 6.07) is 21.1. The first-order valence-electron chi connectivity index (χ1n) is 12.5. The highest BCUT2D eigenvalue weighted by Crippen LogP contribution is 2.21. The third-order valence-electron chi connectivity index (χ3n) is 6.39. The number of hydrogen-bond donors (Lipinski definition) is 1. The summed E-state index contributed by atoms with van der Waals surface area (Å²) < 4.78 is 0. The van der Waals surface area contributed by atoms with Crippen molar-refractivity contribution >= 4 is 45.9 Å². The molecule has 5 nitrogen and oxygen atoms in total. The zero-order valence-corrected chi connectivity index (χ0v) is 22.6. The Morgan fingerprint density at radius 1 is 0.892 bits per heavy atom. The Bertz CT molecular complexity index is 1360. The molecule has 0 aliphatic heterocycles. The maximum atomic E-state index is 13.7. The summed E-state index contributed by atoms with van der Waals surface area (Å²) in [4.78, 5) is 33.7. The van der Waals surface area contributed by atoms with Crippen molar-refractivity contribution in [1.29, 1.82) is 0 Å². The number of carbonyl (C=O) groups is 2. The van der Waals surface area contributed by atoms with Gasteiger partial charge < -0.3 is 14.8 Å². The lowest BCUT2D eigenvalue weighted by molar-refractivity contribution is -0.132. The van der Waals surface area contributed by atoms with Crippen LogP contribution in [-0.2, 0) is 17.8 Å². The van der Waals surface area contributed by atoms with Crippen LogP contribution in [-0.4, -0.2) is 46.2 Å². The SMILES string of the molecule is CCCN(CC(=O)N(CCc1c[nH]c2ccccc12)Cc1ccc(C)cc1)C(=O)c1cc(Cl)cc(Cl)c1. The van der Waals surface area contributed by atoms with Crippen molar-refractivity contribution in [1.82, 2.24) is 14.8 Å². The first-order chi connectivity index (χ1) is 17.8. The predicted octanol–water partition coefficient (Wildman–Crippen LogP) is 6.91. The van der Waals surface area contributed by atoms with Gasteiger partial charge in [-0.05, 0) is 55.2 Å². The molecule has 7 heteroatoms. The molecular weight excluding hydrogens is 505 g/mol. The van der Waals surface area contributed by atoms with E-state index in [0.29, 0.717) is 41.7 Å². The Hall–Kier alpha value is -3.28. The van der Waals surface area contributed by atoms with Crippen molar-refractivity contribution in [3.63, 3.8) is 0 Å². The largest absolute Gasteiger partial charge is 0.361 e. The Morgan fingerprint density at radius 3 is 2.30 bits per heavy atom. The molecule has 0 aliphatic carbocycles. The third kappa shape index (κ3) is 6.94. The van der Waals surface area contributed by atoms with Crippen molar-refractivity contribution in [3.05, 3.63) is 105 Å². The summed E-state index contributed by atoms with van der Waals surface area (Å²) in [6.45, 7) is 5.47. The molecule has 0 saturated carbocycles. The second-order valence-corrected chi connectivity index (χ2v) is 10.2. The molecule has 0 atom stereocenters. The number of aromatic nitrogens is 1. The van der Waals surface area contributed by atoms with E-state index in [1.165, 1.54) is 5.56 Å². The van der Waals surface area contributed by atoms with Crippen LogP contribution in [0.2, 0.25) is 10.0 Å². The van der Waals surface area contributed by atoms with Crippen LogP contribution >= 0.6 is 23.2 Å². The number of rotatable bonds is 10. The fourth-order valence-corrected chi connectivity index (χ4v) is 4.97. The first kappa shape index (κ1) is 26.8. The van der Waals surface area contributed by atoms with Gasteiger partial charge in [0, 0.05) is 52.3 Å². The summed E-state index contributed by atoms with van der Waals surface area (Å²) in [6.07, 6.45) is 3.43. The van der Waals surface area contributed by atoms with Crippen LogP contribution in [0, 0.1) is 6.92 Å². The number of fused-ring (bicyclic) bond motifs is 1. The lowest BCUT2D eigenvalue weighted by atomic mass is 10.1. The first-order valence-corrected chi connectivity index (χ1v) is 13.2. The minimum Gasteiger partial charge on any atom is -0.361 e. The minimum absolute atomic E-state index is 0.0173. The number of aromatic amines is 1. The van der Waals surface area contributed by atoms with Gasteiger partial charge in [0.1, 0.15) is 6.54 Å². The summed E-state index contributed by atoms with van der Waals surface area (Å²) in [5, 5.41) is 1.93. The maximum absolute atomic E-state index is 13.7. The average Bonchev–Trinajstić information content (AvgIpc) is 3.29. The minimum atomic E-state index is -0.258. The molecule has 0 spiro atoms. The normalized spacial score (nSPS) is 11.0. The molecule has 1 N–H and O–H groups in total. The van der Waals surface area contributed by atoms with Crippen molar-refractivity contribution in [3.8, 4) is 0 Å². The number of amides is 2. The van der Waals surface area contributed by atoms with E-state index in [1.807, 2.05) is 67.4 Å². The summed E-state index contributed by atoms with van der Waals surface area (Å²) in [7, 11) is 0. The van der Waals surface area contributed by atoms with E-state index in [1.54, 1.807) is 23.1 Å². The number of H-pyrrole nitrogens is 1. The molecule has 0 bridgehead atoms. The van der Waals surface area contributed by atoms with Crippen LogP contribution in [0.15, 0.2) is 72.9 Å². The van der Waals surface area contributed by atoms with Crippen molar-refractivity contribution in [2.24, 2.45) is 0 Å². The van der Waals surface area contributed by atoms with Crippen molar-refractivity contribution < 1.29 is 9.59 Å². The number of aryl methyl sites for hydroxylation is 1. The number of benzene rings is 3. The highest BCUT2D eigenvalue weighted by Gasteiger charge is 2.23. The molecule has 0 unspecified atom stereocenters. The van der Waals surface area contributed by atoms with E-state index in [-0.39, 0.29) is 18.4 Å². The number of nitrogens with zero attached hydrogens (tertiary/aromatic N) is 2. The Kier molecular flexibility index (Phi) is 8.91. The summed E-state index contributed by atoms with van der Waals surface area (Å²) in [5.74, 6) is -0.359. The fraction of sp³-hybridized carbons (Fsp3) is 0.267. The standard InChI is InChI=1S/C30H31Cl2N3O2/c1-3-13-35(30(37)24-15-25(31)17-26(32)16-24)20-29(36)34(19-22-10-8-21(2)9-11-22)14-12-23-18-33-28-7-5-4-6-27(23)28/h4-11,15-18,33H,3,12-14,19-20H2,1-2H3. The van der Waals surface area contributed by atoms with Gasteiger partial charge in [0.25, 0.3) is 5.91 Å². The van der Waals surface area contributed by atoms with Gasteiger partial charge in [0.2, 0.25) is 5.91 Å². The monoisotopic (exact) mass is 535 g/mol. The maximum Gasteiger partial charge on any atom is 0.254 e. The molecule has 37 heavy (non-hydrogen) atoms. The topological polar surface area (TPSA) is 56.4 Å². The van der Waals surface area contributed by atoms with Crippen LogP contribution < -0.4 is 0 Å².